The van der Waals surface area contributed by atoms with Gasteiger partial charge in [0.05, 0.1) is 6.61 Å². The monoisotopic (exact) mass is 298 g/mol. The molecular formula is C18H18O2S. The van der Waals surface area contributed by atoms with Crippen molar-refractivity contribution in [3.05, 3.63) is 59.7 Å². The van der Waals surface area contributed by atoms with Gasteiger partial charge in [-0.05, 0) is 55.1 Å². The highest BCUT2D eigenvalue weighted by Crippen LogP contribution is 2.18. The van der Waals surface area contributed by atoms with E-state index < -0.39 is 6.10 Å². The molecule has 0 aliphatic carbocycles. The minimum absolute atomic E-state index is 0.633. The van der Waals surface area contributed by atoms with Crippen LogP contribution in [-0.2, 0) is 0 Å². The molecule has 0 fully saturated rings. The van der Waals surface area contributed by atoms with E-state index in [-0.39, 0.29) is 0 Å². The smallest absolute Gasteiger partial charge is 0.140 e. The normalized spacial score (nSPS) is 11.4. The van der Waals surface area contributed by atoms with Gasteiger partial charge in [-0.3, -0.25) is 0 Å². The predicted molar refractivity (Wildman–Crippen MR) is 87.7 cm³/mol. The van der Waals surface area contributed by atoms with Crippen molar-refractivity contribution in [2.45, 2.75) is 17.9 Å². The SMILES string of the molecule is CCOc1ccc(C(O)C#Cc2ccc(SC)cc2)cc1. The summed E-state index contributed by atoms with van der Waals surface area (Å²) < 4.78 is 5.37. The molecule has 0 heterocycles. The van der Waals surface area contributed by atoms with Crippen molar-refractivity contribution in [3.8, 4) is 17.6 Å². The topological polar surface area (TPSA) is 29.5 Å². The Kier molecular flexibility index (Phi) is 5.74. The third-order valence-corrected chi connectivity index (χ3v) is 3.69. The highest BCUT2D eigenvalue weighted by atomic mass is 32.2. The number of aliphatic hydroxyl groups is 1. The number of rotatable bonds is 4. The summed E-state index contributed by atoms with van der Waals surface area (Å²) in [6, 6.07) is 15.3. The highest BCUT2D eigenvalue weighted by molar-refractivity contribution is 7.98. The maximum atomic E-state index is 10.1. The molecule has 0 aromatic heterocycles. The van der Waals surface area contributed by atoms with E-state index in [2.05, 4.69) is 11.8 Å². The summed E-state index contributed by atoms with van der Waals surface area (Å²) in [5, 5.41) is 10.1. The molecule has 2 aromatic rings. The summed E-state index contributed by atoms with van der Waals surface area (Å²) in [5.41, 5.74) is 1.67. The lowest BCUT2D eigenvalue weighted by Gasteiger charge is -2.06. The molecule has 0 amide bonds. The van der Waals surface area contributed by atoms with Crippen LogP contribution < -0.4 is 4.74 Å². The zero-order valence-corrected chi connectivity index (χ0v) is 13.0. The standard InChI is InChI=1S/C18H18O2S/c1-3-20-16-9-7-15(8-10-16)18(19)13-6-14-4-11-17(21-2)12-5-14/h4-5,7-12,18-19H,3H2,1-2H3. The van der Waals surface area contributed by atoms with Crippen LogP contribution in [0.15, 0.2) is 53.4 Å². The lowest BCUT2D eigenvalue weighted by atomic mass is 10.1. The minimum atomic E-state index is -0.791. The van der Waals surface area contributed by atoms with Crippen LogP contribution in [0.5, 0.6) is 5.75 Å². The zero-order chi connectivity index (χ0) is 15.1. The molecule has 0 aliphatic rings. The van der Waals surface area contributed by atoms with E-state index in [0.717, 1.165) is 16.9 Å². The number of benzene rings is 2. The average molecular weight is 298 g/mol. The molecule has 0 aliphatic heterocycles. The Morgan fingerprint density at radius 3 is 2.33 bits per heavy atom. The summed E-state index contributed by atoms with van der Waals surface area (Å²) in [6.07, 6.45) is 1.25. The predicted octanol–water partition coefficient (Wildman–Crippen LogP) is 3.89. The van der Waals surface area contributed by atoms with Crippen molar-refractivity contribution in [3.63, 3.8) is 0 Å². The van der Waals surface area contributed by atoms with E-state index in [1.54, 1.807) is 11.8 Å². The first kappa shape index (κ1) is 15.5. The fourth-order valence-electron chi connectivity index (χ4n) is 1.82. The number of hydrogen-bond acceptors (Lipinski definition) is 3. The molecule has 0 radical (unpaired) electrons. The van der Waals surface area contributed by atoms with Crippen molar-refractivity contribution in [1.82, 2.24) is 0 Å². The molecular weight excluding hydrogens is 280 g/mol. The van der Waals surface area contributed by atoms with E-state index in [1.807, 2.05) is 61.7 Å². The molecule has 2 aromatic carbocycles. The summed E-state index contributed by atoms with van der Waals surface area (Å²) in [4.78, 5) is 1.20. The van der Waals surface area contributed by atoms with E-state index in [1.165, 1.54) is 4.90 Å². The van der Waals surface area contributed by atoms with Gasteiger partial charge in [-0.2, -0.15) is 0 Å². The number of aliphatic hydroxyl groups excluding tert-OH is 1. The number of ether oxygens (including phenoxy) is 1. The van der Waals surface area contributed by atoms with Crippen molar-refractivity contribution in [2.24, 2.45) is 0 Å². The van der Waals surface area contributed by atoms with Crippen LogP contribution >= 0.6 is 11.8 Å². The van der Waals surface area contributed by atoms with E-state index in [0.29, 0.717) is 6.61 Å². The van der Waals surface area contributed by atoms with Crippen molar-refractivity contribution < 1.29 is 9.84 Å². The molecule has 2 nitrogen and oxygen atoms in total. The van der Waals surface area contributed by atoms with Gasteiger partial charge in [0.2, 0.25) is 0 Å². The maximum Gasteiger partial charge on any atom is 0.140 e. The molecule has 0 saturated heterocycles. The van der Waals surface area contributed by atoms with Crippen molar-refractivity contribution >= 4 is 11.8 Å². The molecule has 1 atom stereocenters. The Balaban J connectivity index is 2.06. The quantitative estimate of drug-likeness (QED) is 0.686. The van der Waals surface area contributed by atoms with Gasteiger partial charge in [-0.25, -0.2) is 0 Å². The third-order valence-electron chi connectivity index (χ3n) is 2.95. The summed E-state index contributed by atoms with van der Waals surface area (Å²) in [7, 11) is 0. The Labute approximate surface area is 130 Å². The zero-order valence-electron chi connectivity index (χ0n) is 12.2. The van der Waals surface area contributed by atoms with Gasteiger partial charge in [0, 0.05) is 10.5 Å². The third kappa shape index (κ3) is 4.56. The first-order valence-corrected chi connectivity index (χ1v) is 8.02. The molecule has 0 saturated carbocycles. The molecule has 0 bridgehead atoms. The Morgan fingerprint density at radius 1 is 1.10 bits per heavy atom. The van der Waals surface area contributed by atoms with Crippen LogP contribution in [0.2, 0.25) is 0 Å². The van der Waals surface area contributed by atoms with Crippen molar-refractivity contribution in [1.29, 1.82) is 0 Å². The highest BCUT2D eigenvalue weighted by Gasteiger charge is 2.03. The average Bonchev–Trinajstić information content (AvgIpc) is 2.54. The van der Waals surface area contributed by atoms with Crippen LogP contribution in [0.4, 0.5) is 0 Å². The van der Waals surface area contributed by atoms with Gasteiger partial charge in [-0.1, -0.05) is 24.0 Å². The van der Waals surface area contributed by atoms with Gasteiger partial charge in [0.1, 0.15) is 11.9 Å². The molecule has 3 heteroatoms. The van der Waals surface area contributed by atoms with Crippen LogP contribution in [0.25, 0.3) is 0 Å². The fraction of sp³-hybridized carbons (Fsp3) is 0.222. The van der Waals surface area contributed by atoms with Crippen LogP contribution in [0, 0.1) is 11.8 Å². The van der Waals surface area contributed by atoms with Gasteiger partial charge < -0.3 is 9.84 Å². The minimum Gasteiger partial charge on any atom is -0.494 e. The van der Waals surface area contributed by atoms with E-state index in [9.17, 15) is 5.11 Å². The first-order chi connectivity index (χ1) is 10.2. The van der Waals surface area contributed by atoms with Crippen LogP contribution in [0.1, 0.15) is 24.2 Å². The molecule has 1 N–H and O–H groups in total. The first-order valence-electron chi connectivity index (χ1n) is 6.79. The summed E-state index contributed by atoms with van der Waals surface area (Å²) in [6.45, 7) is 2.57. The molecule has 108 valence electrons. The summed E-state index contributed by atoms with van der Waals surface area (Å²) in [5.74, 6) is 6.66. The Morgan fingerprint density at radius 2 is 1.76 bits per heavy atom. The largest absolute Gasteiger partial charge is 0.494 e. The van der Waals surface area contributed by atoms with Crippen LogP contribution in [-0.4, -0.2) is 18.0 Å². The second kappa shape index (κ2) is 7.78. The van der Waals surface area contributed by atoms with Gasteiger partial charge >= 0.3 is 0 Å². The molecule has 1 unspecified atom stereocenters. The fourth-order valence-corrected chi connectivity index (χ4v) is 2.23. The van der Waals surface area contributed by atoms with Gasteiger partial charge in [0.25, 0.3) is 0 Å². The lowest BCUT2D eigenvalue weighted by Crippen LogP contribution is -1.95. The number of thioether (sulfide) groups is 1. The van der Waals surface area contributed by atoms with Crippen LogP contribution in [0.3, 0.4) is 0 Å². The molecule has 21 heavy (non-hydrogen) atoms. The van der Waals surface area contributed by atoms with Gasteiger partial charge in [-0.15, -0.1) is 11.8 Å². The molecule has 0 spiro atoms. The number of hydrogen-bond donors (Lipinski definition) is 1. The Bertz CT molecular complexity index is 621. The van der Waals surface area contributed by atoms with E-state index >= 15 is 0 Å². The lowest BCUT2D eigenvalue weighted by molar-refractivity contribution is 0.238. The van der Waals surface area contributed by atoms with Crippen molar-refractivity contribution in [2.75, 3.05) is 12.9 Å². The Hall–Kier alpha value is -1.89. The maximum absolute atomic E-state index is 10.1. The van der Waals surface area contributed by atoms with Gasteiger partial charge in [0.15, 0.2) is 0 Å². The molecule has 2 rings (SSSR count). The second-order valence-electron chi connectivity index (χ2n) is 4.40. The van der Waals surface area contributed by atoms with E-state index in [4.69, 9.17) is 4.74 Å². The summed E-state index contributed by atoms with van der Waals surface area (Å²) >= 11 is 1.69. The second-order valence-corrected chi connectivity index (χ2v) is 5.28.